The molecule has 0 spiro atoms. The maximum absolute atomic E-state index is 12.6. The van der Waals surface area contributed by atoms with Crippen LogP contribution in [-0.2, 0) is 6.42 Å². The molecule has 1 atom stereocenters. The predicted octanol–water partition coefficient (Wildman–Crippen LogP) is 1.82. The Morgan fingerprint density at radius 1 is 1.04 bits per heavy atom. The normalized spacial score (nSPS) is 14.4. The molecule has 0 saturated carbocycles. The van der Waals surface area contributed by atoms with Crippen molar-refractivity contribution >= 4 is 17.7 Å². The van der Waals surface area contributed by atoms with Crippen LogP contribution in [0.25, 0.3) is 0 Å². The van der Waals surface area contributed by atoms with E-state index in [4.69, 9.17) is 0 Å². The van der Waals surface area contributed by atoms with Crippen molar-refractivity contribution in [2.24, 2.45) is 0 Å². The van der Waals surface area contributed by atoms with Gasteiger partial charge in [-0.1, -0.05) is 30.3 Å². The number of carbonyl (C=O) groups is 3. The number of amides is 3. The van der Waals surface area contributed by atoms with Crippen molar-refractivity contribution in [3.63, 3.8) is 0 Å². The van der Waals surface area contributed by atoms with Gasteiger partial charge in [0.05, 0.1) is 11.1 Å². The molecule has 1 unspecified atom stereocenters. The van der Waals surface area contributed by atoms with E-state index in [9.17, 15) is 14.4 Å². The first-order valence-electron chi connectivity index (χ1n) is 8.83. The third-order valence-electron chi connectivity index (χ3n) is 4.89. The van der Waals surface area contributed by atoms with E-state index in [-0.39, 0.29) is 29.3 Å². The SMILES string of the molecule is CN1C(=O)c2ccc(C(=O)NCC(Cc3ccccc3)N(C)C)cc2C1=O. The summed E-state index contributed by atoms with van der Waals surface area (Å²) in [5.41, 5.74) is 2.20. The number of nitrogens with one attached hydrogen (secondary N) is 1. The maximum Gasteiger partial charge on any atom is 0.261 e. The molecule has 0 saturated heterocycles. The minimum absolute atomic E-state index is 0.139. The summed E-state index contributed by atoms with van der Waals surface area (Å²) >= 11 is 0. The molecule has 3 rings (SSSR count). The lowest BCUT2D eigenvalue weighted by Gasteiger charge is -2.24. The number of nitrogens with zero attached hydrogens (tertiary/aromatic N) is 2. The first-order valence-corrected chi connectivity index (χ1v) is 8.83. The number of fused-ring (bicyclic) bond motifs is 1. The molecule has 2 aromatic carbocycles. The Morgan fingerprint density at radius 2 is 1.70 bits per heavy atom. The lowest BCUT2D eigenvalue weighted by molar-refractivity contribution is 0.0693. The summed E-state index contributed by atoms with van der Waals surface area (Å²) in [6.07, 6.45) is 0.816. The van der Waals surface area contributed by atoms with Crippen LogP contribution in [0.15, 0.2) is 48.5 Å². The van der Waals surface area contributed by atoms with Crippen molar-refractivity contribution in [3.8, 4) is 0 Å². The average Bonchev–Trinajstić information content (AvgIpc) is 2.89. The second-order valence-corrected chi connectivity index (χ2v) is 6.95. The number of rotatable bonds is 6. The van der Waals surface area contributed by atoms with Crippen LogP contribution in [-0.4, -0.2) is 61.3 Å². The standard InChI is InChI=1S/C21H23N3O3/c1-23(2)16(11-14-7-5-4-6-8-14)13-22-19(25)15-9-10-17-18(12-15)21(27)24(3)20(17)26/h4-10,12,16H,11,13H2,1-3H3,(H,22,25). The average molecular weight is 365 g/mol. The molecule has 0 radical (unpaired) electrons. The molecule has 6 nitrogen and oxygen atoms in total. The lowest BCUT2D eigenvalue weighted by Crippen LogP contribution is -2.41. The van der Waals surface area contributed by atoms with E-state index in [1.54, 1.807) is 12.1 Å². The van der Waals surface area contributed by atoms with E-state index in [2.05, 4.69) is 22.3 Å². The number of imide groups is 1. The molecule has 140 valence electrons. The monoisotopic (exact) mass is 365 g/mol. The second-order valence-electron chi connectivity index (χ2n) is 6.95. The zero-order valence-corrected chi connectivity index (χ0v) is 15.7. The molecule has 1 aliphatic rings. The van der Waals surface area contributed by atoms with Crippen molar-refractivity contribution < 1.29 is 14.4 Å². The van der Waals surface area contributed by atoms with Gasteiger partial charge in [-0.3, -0.25) is 19.3 Å². The lowest BCUT2D eigenvalue weighted by atomic mass is 10.0. The van der Waals surface area contributed by atoms with Crippen LogP contribution in [0.2, 0.25) is 0 Å². The molecule has 2 aromatic rings. The third-order valence-corrected chi connectivity index (χ3v) is 4.89. The largest absolute Gasteiger partial charge is 0.350 e. The van der Waals surface area contributed by atoms with Crippen LogP contribution in [0.3, 0.4) is 0 Å². The molecule has 1 N–H and O–H groups in total. The fraction of sp³-hybridized carbons (Fsp3) is 0.286. The molecular weight excluding hydrogens is 342 g/mol. The predicted molar refractivity (Wildman–Crippen MR) is 103 cm³/mol. The fourth-order valence-electron chi connectivity index (χ4n) is 3.14. The molecule has 1 aliphatic heterocycles. The van der Waals surface area contributed by atoms with Gasteiger partial charge in [0.2, 0.25) is 0 Å². The quantitative estimate of drug-likeness (QED) is 0.793. The van der Waals surface area contributed by atoms with E-state index in [1.807, 2.05) is 32.3 Å². The molecule has 0 fully saturated rings. The Hall–Kier alpha value is -2.99. The van der Waals surface area contributed by atoms with Crippen molar-refractivity contribution in [1.82, 2.24) is 15.1 Å². The van der Waals surface area contributed by atoms with Gasteiger partial charge in [0, 0.05) is 25.2 Å². The van der Waals surface area contributed by atoms with Gasteiger partial charge in [-0.25, -0.2) is 0 Å². The molecule has 3 amide bonds. The van der Waals surface area contributed by atoms with E-state index in [0.717, 1.165) is 11.3 Å². The van der Waals surface area contributed by atoms with Gasteiger partial charge < -0.3 is 10.2 Å². The Labute approximate surface area is 158 Å². The van der Waals surface area contributed by atoms with Gasteiger partial charge in [0.15, 0.2) is 0 Å². The molecule has 1 heterocycles. The summed E-state index contributed by atoms with van der Waals surface area (Å²) in [6.45, 7) is 0.477. The highest BCUT2D eigenvalue weighted by Crippen LogP contribution is 2.22. The summed E-state index contributed by atoms with van der Waals surface area (Å²) < 4.78 is 0. The molecule has 0 bridgehead atoms. The first-order chi connectivity index (χ1) is 12.9. The number of hydrogen-bond acceptors (Lipinski definition) is 4. The van der Waals surface area contributed by atoms with E-state index in [1.165, 1.54) is 18.7 Å². The Bertz CT molecular complexity index is 877. The van der Waals surface area contributed by atoms with Crippen molar-refractivity contribution in [2.45, 2.75) is 12.5 Å². The van der Waals surface area contributed by atoms with Gasteiger partial charge >= 0.3 is 0 Å². The number of likely N-dealkylation sites (N-methyl/N-ethyl adjacent to an activating group) is 1. The van der Waals surface area contributed by atoms with E-state index < -0.39 is 0 Å². The number of hydrogen-bond donors (Lipinski definition) is 1. The number of benzene rings is 2. The summed E-state index contributed by atoms with van der Waals surface area (Å²) in [4.78, 5) is 39.8. The molecule has 0 aliphatic carbocycles. The first kappa shape index (κ1) is 18.8. The van der Waals surface area contributed by atoms with Gasteiger partial charge in [-0.05, 0) is 44.3 Å². The zero-order chi connectivity index (χ0) is 19.6. The van der Waals surface area contributed by atoms with Gasteiger partial charge in [-0.15, -0.1) is 0 Å². The van der Waals surface area contributed by atoms with Crippen molar-refractivity contribution in [2.75, 3.05) is 27.7 Å². The zero-order valence-electron chi connectivity index (χ0n) is 15.7. The molecular formula is C21H23N3O3. The van der Waals surface area contributed by atoms with Crippen LogP contribution in [0, 0.1) is 0 Å². The summed E-state index contributed by atoms with van der Waals surface area (Å²) in [5, 5.41) is 2.94. The highest BCUT2D eigenvalue weighted by atomic mass is 16.2. The summed E-state index contributed by atoms with van der Waals surface area (Å²) in [5.74, 6) is -0.968. The maximum atomic E-state index is 12.6. The molecule has 27 heavy (non-hydrogen) atoms. The van der Waals surface area contributed by atoms with Crippen LogP contribution in [0.1, 0.15) is 36.6 Å². The van der Waals surface area contributed by atoms with E-state index in [0.29, 0.717) is 17.7 Å². The topological polar surface area (TPSA) is 69.7 Å². The van der Waals surface area contributed by atoms with Crippen LogP contribution in [0.5, 0.6) is 0 Å². The van der Waals surface area contributed by atoms with Crippen LogP contribution < -0.4 is 5.32 Å². The fourth-order valence-corrected chi connectivity index (χ4v) is 3.14. The highest BCUT2D eigenvalue weighted by molar-refractivity contribution is 6.21. The Balaban J connectivity index is 1.68. The van der Waals surface area contributed by atoms with Crippen LogP contribution >= 0.6 is 0 Å². The third kappa shape index (κ3) is 3.90. The van der Waals surface area contributed by atoms with Gasteiger partial charge in [0.1, 0.15) is 0 Å². The minimum Gasteiger partial charge on any atom is -0.350 e. The number of carbonyl (C=O) groups excluding carboxylic acids is 3. The minimum atomic E-state index is -0.375. The van der Waals surface area contributed by atoms with Gasteiger partial charge in [-0.2, -0.15) is 0 Å². The Morgan fingerprint density at radius 3 is 2.37 bits per heavy atom. The van der Waals surface area contributed by atoms with Crippen molar-refractivity contribution in [1.29, 1.82) is 0 Å². The van der Waals surface area contributed by atoms with E-state index >= 15 is 0 Å². The molecule has 6 heteroatoms. The summed E-state index contributed by atoms with van der Waals surface area (Å²) in [6, 6.07) is 14.9. The molecule has 0 aromatic heterocycles. The highest BCUT2D eigenvalue weighted by Gasteiger charge is 2.33. The van der Waals surface area contributed by atoms with Crippen LogP contribution in [0.4, 0.5) is 0 Å². The summed E-state index contributed by atoms with van der Waals surface area (Å²) in [7, 11) is 5.40. The van der Waals surface area contributed by atoms with Crippen molar-refractivity contribution in [3.05, 3.63) is 70.8 Å². The smallest absolute Gasteiger partial charge is 0.261 e. The Kier molecular flexibility index (Phi) is 5.37. The van der Waals surface area contributed by atoms with Gasteiger partial charge in [0.25, 0.3) is 17.7 Å². The second kappa shape index (κ2) is 7.72.